The SMILES string of the molecule is Nc1c(NNC(=O)c2cccc(Cl)c2)ncnc1Oc1ccc(Br)c2cccnc12. The van der Waals surface area contributed by atoms with Crippen molar-refractivity contribution >= 4 is 55.8 Å². The fraction of sp³-hybridized carbons (Fsp3) is 0. The number of aromatic nitrogens is 3. The van der Waals surface area contributed by atoms with Crippen molar-refractivity contribution in [1.29, 1.82) is 0 Å². The summed E-state index contributed by atoms with van der Waals surface area (Å²) in [5.41, 5.74) is 12.5. The van der Waals surface area contributed by atoms with Crippen LogP contribution < -0.4 is 21.3 Å². The van der Waals surface area contributed by atoms with Crippen molar-refractivity contribution < 1.29 is 9.53 Å². The molecule has 0 aliphatic heterocycles. The van der Waals surface area contributed by atoms with Crippen molar-refractivity contribution in [2.45, 2.75) is 0 Å². The minimum absolute atomic E-state index is 0.121. The molecule has 2 aromatic heterocycles. The van der Waals surface area contributed by atoms with Crippen molar-refractivity contribution in [2.24, 2.45) is 0 Å². The monoisotopic (exact) mass is 484 g/mol. The number of rotatable bonds is 5. The van der Waals surface area contributed by atoms with Crippen molar-refractivity contribution in [3.8, 4) is 11.6 Å². The molecule has 30 heavy (non-hydrogen) atoms. The number of nitrogen functional groups attached to an aromatic ring is 1. The summed E-state index contributed by atoms with van der Waals surface area (Å²) >= 11 is 9.41. The van der Waals surface area contributed by atoms with Crippen molar-refractivity contribution in [3.63, 3.8) is 0 Å². The van der Waals surface area contributed by atoms with Crippen LogP contribution in [0.3, 0.4) is 0 Å². The van der Waals surface area contributed by atoms with Gasteiger partial charge in [0.05, 0.1) is 0 Å². The van der Waals surface area contributed by atoms with Crippen molar-refractivity contribution in [3.05, 3.63) is 76.1 Å². The minimum atomic E-state index is -0.402. The lowest BCUT2D eigenvalue weighted by atomic mass is 10.2. The lowest BCUT2D eigenvalue weighted by molar-refractivity contribution is 0.0962. The molecule has 10 heteroatoms. The Hall–Kier alpha value is -3.43. The molecule has 150 valence electrons. The molecule has 4 aromatic rings. The van der Waals surface area contributed by atoms with Crippen LogP contribution in [0.15, 0.2) is 65.5 Å². The number of pyridine rings is 1. The second kappa shape index (κ2) is 8.52. The Morgan fingerprint density at radius 1 is 1.10 bits per heavy atom. The molecule has 2 heterocycles. The highest BCUT2D eigenvalue weighted by atomic mass is 79.9. The average molecular weight is 486 g/mol. The Morgan fingerprint density at radius 2 is 1.97 bits per heavy atom. The molecule has 1 amide bonds. The van der Waals surface area contributed by atoms with Gasteiger partial charge in [-0.1, -0.05) is 39.7 Å². The van der Waals surface area contributed by atoms with Crippen LogP contribution in [0.1, 0.15) is 10.4 Å². The smallest absolute Gasteiger partial charge is 0.269 e. The molecule has 0 spiro atoms. The number of nitrogens with zero attached hydrogens (tertiary/aromatic N) is 3. The number of anilines is 2. The van der Waals surface area contributed by atoms with E-state index >= 15 is 0 Å². The number of hydrogen-bond donors (Lipinski definition) is 3. The normalized spacial score (nSPS) is 10.6. The number of amides is 1. The van der Waals surface area contributed by atoms with E-state index in [1.165, 1.54) is 6.33 Å². The molecule has 2 aromatic carbocycles. The number of hydrogen-bond acceptors (Lipinski definition) is 7. The molecule has 0 bridgehead atoms. The molecule has 0 aliphatic rings. The van der Waals surface area contributed by atoms with Crippen LogP contribution in [-0.2, 0) is 0 Å². The van der Waals surface area contributed by atoms with Gasteiger partial charge in [0.1, 0.15) is 17.5 Å². The summed E-state index contributed by atoms with van der Waals surface area (Å²) in [7, 11) is 0. The maximum absolute atomic E-state index is 12.3. The van der Waals surface area contributed by atoms with Gasteiger partial charge in [0.2, 0.25) is 5.88 Å². The summed E-state index contributed by atoms with van der Waals surface area (Å²) in [6.45, 7) is 0. The summed E-state index contributed by atoms with van der Waals surface area (Å²) in [5, 5.41) is 1.34. The van der Waals surface area contributed by atoms with Gasteiger partial charge in [-0.05, 0) is 36.4 Å². The summed E-state index contributed by atoms with van der Waals surface area (Å²) in [6.07, 6.45) is 2.94. The molecule has 0 saturated carbocycles. The number of carbonyl (C=O) groups excluding carboxylic acids is 1. The minimum Gasteiger partial charge on any atom is -0.435 e. The van der Waals surface area contributed by atoms with E-state index in [1.807, 2.05) is 18.2 Å². The summed E-state index contributed by atoms with van der Waals surface area (Å²) < 4.78 is 6.78. The van der Waals surface area contributed by atoms with Gasteiger partial charge < -0.3 is 10.5 Å². The zero-order chi connectivity index (χ0) is 21.1. The Balaban J connectivity index is 1.55. The number of hydrazine groups is 1. The molecular weight excluding hydrogens is 472 g/mol. The molecule has 0 aliphatic carbocycles. The van der Waals surface area contributed by atoms with Gasteiger partial charge in [0.25, 0.3) is 5.91 Å². The van der Waals surface area contributed by atoms with Crippen LogP contribution in [0.2, 0.25) is 5.02 Å². The first-order valence-corrected chi connectivity index (χ1v) is 9.83. The number of fused-ring (bicyclic) bond motifs is 1. The van der Waals surface area contributed by atoms with Crippen LogP contribution in [-0.4, -0.2) is 20.9 Å². The van der Waals surface area contributed by atoms with Crippen LogP contribution in [0, 0.1) is 0 Å². The Morgan fingerprint density at radius 3 is 2.80 bits per heavy atom. The molecular formula is C20H14BrClN6O2. The van der Waals surface area contributed by atoms with Crippen molar-refractivity contribution in [1.82, 2.24) is 20.4 Å². The van der Waals surface area contributed by atoms with E-state index in [2.05, 4.69) is 41.7 Å². The van der Waals surface area contributed by atoms with Crippen LogP contribution >= 0.6 is 27.5 Å². The first kappa shape index (κ1) is 19.9. The Bertz CT molecular complexity index is 1250. The maximum Gasteiger partial charge on any atom is 0.269 e. The van der Waals surface area contributed by atoms with Crippen LogP contribution in [0.4, 0.5) is 11.5 Å². The van der Waals surface area contributed by atoms with E-state index in [1.54, 1.807) is 36.5 Å². The number of halogens is 2. The summed E-state index contributed by atoms with van der Waals surface area (Å²) in [4.78, 5) is 24.8. The van der Waals surface area contributed by atoms with Crippen LogP contribution in [0.25, 0.3) is 10.9 Å². The largest absolute Gasteiger partial charge is 0.435 e. The standard InChI is InChI=1S/C20H14BrClN6O2/c21-14-6-7-15(17-13(14)5-2-8-24-17)30-20-16(23)18(25-10-26-20)27-28-19(29)11-3-1-4-12(22)9-11/h1-10H,23H2,(H,28,29)(H,25,26,27). The predicted molar refractivity (Wildman–Crippen MR) is 119 cm³/mol. The maximum atomic E-state index is 12.3. The molecule has 0 saturated heterocycles. The van der Waals surface area contributed by atoms with E-state index in [0.717, 1.165) is 9.86 Å². The second-order valence-corrected chi connectivity index (χ2v) is 7.37. The quantitative estimate of drug-likeness (QED) is 0.355. The third kappa shape index (κ3) is 4.12. The summed E-state index contributed by atoms with van der Waals surface area (Å²) in [5.74, 6) is 0.387. The van der Waals surface area contributed by atoms with E-state index < -0.39 is 5.91 Å². The highest BCUT2D eigenvalue weighted by molar-refractivity contribution is 9.10. The number of nitrogens with two attached hydrogens (primary N) is 1. The molecule has 0 radical (unpaired) electrons. The fourth-order valence-corrected chi connectivity index (χ4v) is 3.32. The molecule has 8 nitrogen and oxygen atoms in total. The lowest BCUT2D eigenvalue weighted by Gasteiger charge is -2.13. The number of carbonyl (C=O) groups is 1. The fourth-order valence-electron chi connectivity index (χ4n) is 2.68. The van der Waals surface area contributed by atoms with Gasteiger partial charge >= 0.3 is 0 Å². The zero-order valence-electron chi connectivity index (χ0n) is 15.3. The molecule has 4 N–H and O–H groups in total. The van der Waals surface area contributed by atoms with Gasteiger partial charge in [0.15, 0.2) is 11.6 Å². The zero-order valence-corrected chi connectivity index (χ0v) is 17.6. The van der Waals surface area contributed by atoms with E-state index in [-0.39, 0.29) is 17.4 Å². The van der Waals surface area contributed by atoms with Gasteiger partial charge in [-0.25, -0.2) is 4.98 Å². The third-order valence-corrected chi connectivity index (χ3v) is 5.04. The summed E-state index contributed by atoms with van der Waals surface area (Å²) in [6, 6.07) is 13.9. The van der Waals surface area contributed by atoms with Crippen molar-refractivity contribution in [2.75, 3.05) is 11.2 Å². The number of benzene rings is 2. The first-order chi connectivity index (χ1) is 14.5. The molecule has 0 atom stereocenters. The topological polar surface area (TPSA) is 115 Å². The third-order valence-electron chi connectivity index (χ3n) is 4.11. The number of ether oxygens (including phenoxy) is 1. The highest BCUT2D eigenvalue weighted by Gasteiger charge is 2.14. The van der Waals surface area contributed by atoms with E-state index in [4.69, 9.17) is 22.1 Å². The second-order valence-electron chi connectivity index (χ2n) is 6.08. The van der Waals surface area contributed by atoms with Gasteiger partial charge in [-0.3, -0.25) is 20.6 Å². The molecule has 4 rings (SSSR count). The van der Waals surface area contributed by atoms with E-state index in [9.17, 15) is 4.79 Å². The number of nitrogens with one attached hydrogen (secondary N) is 2. The van der Waals surface area contributed by atoms with Gasteiger partial charge in [-0.2, -0.15) is 4.98 Å². The molecule has 0 unspecified atom stereocenters. The van der Waals surface area contributed by atoms with Gasteiger partial charge in [-0.15, -0.1) is 0 Å². The highest BCUT2D eigenvalue weighted by Crippen LogP contribution is 2.35. The Kier molecular flexibility index (Phi) is 5.64. The molecule has 0 fully saturated rings. The first-order valence-electron chi connectivity index (χ1n) is 8.66. The average Bonchev–Trinajstić information content (AvgIpc) is 2.76. The predicted octanol–water partition coefficient (Wildman–Crippen LogP) is 4.57. The van der Waals surface area contributed by atoms with E-state index in [0.29, 0.717) is 21.9 Å². The lowest BCUT2D eigenvalue weighted by Crippen LogP contribution is -2.30. The van der Waals surface area contributed by atoms with Gasteiger partial charge in [0, 0.05) is 26.6 Å². The van der Waals surface area contributed by atoms with Crippen LogP contribution in [0.5, 0.6) is 11.6 Å². The Labute approximate surface area is 184 Å².